The van der Waals surface area contributed by atoms with E-state index in [0.717, 1.165) is 43.8 Å². The molecule has 3 atom stereocenters. The average Bonchev–Trinajstić information content (AvgIpc) is 3.29. The van der Waals surface area contributed by atoms with Gasteiger partial charge in [-0.1, -0.05) is 26.0 Å². The highest BCUT2D eigenvalue weighted by Crippen LogP contribution is 2.61. The van der Waals surface area contributed by atoms with Crippen molar-refractivity contribution in [2.45, 2.75) is 70.1 Å². The molecule has 0 radical (unpaired) electrons. The zero-order valence-electron chi connectivity index (χ0n) is 18.0. The van der Waals surface area contributed by atoms with Crippen molar-refractivity contribution in [3.63, 3.8) is 0 Å². The molecule has 160 valence electrons. The summed E-state index contributed by atoms with van der Waals surface area (Å²) in [6, 6.07) is 6.41. The maximum atomic E-state index is 13.3. The highest BCUT2D eigenvalue weighted by Gasteiger charge is 2.61. The molecule has 3 aliphatic rings. The second-order valence-electron chi connectivity index (χ2n) is 9.17. The van der Waals surface area contributed by atoms with Gasteiger partial charge in [0.05, 0.1) is 12.6 Å². The van der Waals surface area contributed by atoms with Crippen molar-refractivity contribution in [3.05, 3.63) is 41.0 Å². The molecule has 7 heteroatoms. The molecule has 1 amide bonds. The SMILES string of the molecule is COCc1nc2n(n1)CCCC2NC(=O)[C@@H]1C[C@]12CCOc1ccc(C(C)C)cc12. The van der Waals surface area contributed by atoms with Crippen LogP contribution < -0.4 is 10.1 Å². The third kappa shape index (κ3) is 3.20. The number of fused-ring (bicyclic) bond motifs is 3. The molecule has 2 aromatic rings. The van der Waals surface area contributed by atoms with Crippen LogP contribution in [-0.4, -0.2) is 34.4 Å². The van der Waals surface area contributed by atoms with E-state index in [9.17, 15) is 4.79 Å². The molecule has 1 fully saturated rings. The first-order chi connectivity index (χ1) is 14.5. The van der Waals surface area contributed by atoms with Crippen LogP contribution in [0.1, 0.15) is 74.3 Å². The number of aryl methyl sites for hydroxylation is 1. The molecule has 2 aliphatic heterocycles. The predicted molar refractivity (Wildman–Crippen MR) is 111 cm³/mol. The molecular weight excluding hydrogens is 380 g/mol. The van der Waals surface area contributed by atoms with Crippen LogP contribution in [-0.2, 0) is 28.1 Å². The van der Waals surface area contributed by atoms with Gasteiger partial charge in [-0.05, 0) is 43.2 Å². The maximum absolute atomic E-state index is 13.3. The van der Waals surface area contributed by atoms with Gasteiger partial charge >= 0.3 is 0 Å². The summed E-state index contributed by atoms with van der Waals surface area (Å²) in [6.07, 6.45) is 3.68. The standard InChI is InChI=1S/C23H30N4O3/c1-14(2)15-6-7-19-16(11-15)23(8-10-30-19)12-17(23)22(28)24-18-5-4-9-27-21(18)25-20(26-27)13-29-3/h6-7,11,14,17-18H,4-5,8-10,12-13H2,1-3H3,(H,24,28)/t17-,18?,23-/m0/s1. The van der Waals surface area contributed by atoms with E-state index in [-0.39, 0.29) is 23.3 Å². The first-order valence-corrected chi connectivity index (χ1v) is 11.0. The number of carbonyl (C=O) groups excluding carboxylic acids is 1. The van der Waals surface area contributed by atoms with Crippen molar-refractivity contribution in [1.82, 2.24) is 20.1 Å². The zero-order chi connectivity index (χ0) is 20.9. The lowest BCUT2D eigenvalue weighted by atomic mass is 9.85. The Kier molecular flexibility index (Phi) is 4.81. The number of ether oxygens (including phenoxy) is 2. The minimum atomic E-state index is -0.0803. The lowest BCUT2D eigenvalue weighted by Crippen LogP contribution is -2.36. The highest BCUT2D eigenvalue weighted by molar-refractivity contribution is 5.85. The number of amides is 1. The van der Waals surface area contributed by atoms with Crippen LogP contribution in [0.5, 0.6) is 5.75 Å². The predicted octanol–water partition coefficient (Wildman–Crippen LogP) is 3.24. The summed E-state index contributed by atoms with van der Waals surface area (Å²) in [5.41, 5.74) is 2.44. The molecule has 1 aliphatic carbocycles. The molecule has 30 heavy (non-hydrogen) atoms. The van der Waals surface area contributed by atoms with Gasteiger partial charge in [0.25, 0.3) is 0 Å². The fraction of sp³-hybridized carbons (Fsp3) is 0.609. The van der Waals surface area contributed by atoms with Gasteiger partial charge in [-0.2, -0.15) is 5.10 Å². The van der Waals surface area contributed by atoms with Crippen LogP contribution in [0.25, 0.3) is 0 Å². The Morgan fingerprint density at radius 1 is 1.43 bits per heavy atom. The Morgan fingerprint density at radius 2 is 2.30 bits per heavy atom. The Morgan fingerprint density at radius 3 is 3.10 bits per heavy atom. The Bertz CT molecular complexity index is 969. The monoisotopic (exact) mass is 410 g/mol. The molecule has 7 nitrogen and oxygen atoms in total. The van der Waals surface area contributed by atoms with Gasteiger partial charge in [-0.25, -0.2) is 9.67 Å². The van der Waals surface area contributed by atoms with Crippen LogP contribution >= 0.6 is 0 Å². The minimum absolute atomic E-state index is 0.000643. The fourth-order valence-corrected chi connectivity index (χ4v) is 5.12. The van der Waals surface area contributed by atoms with Crippen LogP contribution in [0.15, 0.2) is 18.2 Å². The van der Waals surface area contributed by atoms with Gasteiger partial charge in [0.2, 0.25) is 5.91 Å². The van der Waals surface area contributed by atoms with E-state index in [0.29, 0.717) is 25.0 Å². The van der Waals surface area contributed by atoms with Gasteiger partial charge in [0, 0.05) is 30.6 Å². The molecule has 1 aromatic carbocycles. The normalized spacial score (nSPS) is 26.8. The second-order valence-corrected chi connectivity index (χ2v) is 9.17. The summed E-state index contributed by atoms with van der Waals surface area (Å²) >= 11 is 0. The number of hydrogen-bond donors (Lipinski definition) is 1. The Balaban J connectivity index is 1.35. The van der Waals surface area contributed by atoms with E-state index in [1.165, 1.54) is 11.1 Å². The minimum Gasteiger partial charge on any atom is -0.493 e. The van der Waals surface area contributed by atoms with E-state index in [4.69, 9.17) is 9.47 Å². The number of methoxy groups -OCH3 is 1. The van der Waals surface area contributed by atoms with Crippen LogP contribution in [0, 0.1) is 5.92 Å². The molecule has 5 rings (SSSR count). The molecule has 1 aromatic heterocycles. The summed E-state index contributed by atoms with van der Waals surface area (Å²) in [6.45, 7) is 6.31. The first-order valence-electron chi connectivity index (χ1n) is 11.0. The third-order valence-electron chi connectivity index (χ3n) is 6.91. The van der Waals surface area contributed by atoms with E-state index >= 15 is 0 Å². The Labute approximate surface area is 177 Å². The summed E-state index contributed by atoms with van der Waals surface area (Å²) in [7, 11) is 1.64. The average molecular weight is 411 g/mol. The smallest absolute Gasteiger partial charge is 0.224 e. The Hall–Kier alpha value is -2.41. The molecule has 1 unspecified atom stereocenters. The van der Waals surface area contributed by atoms with Crippen molar-refractivity contribution >= 4 is 5.91 Å². The van der Waals surface area contributed by atoms with Gasteiger partial charge in [-0.3, -0.25) is 4.79 Å². The van der Waals surface area contributed by atoms with Crippen LogP contribution in [0.4, 0.5) is 0 Å². The molecule has 0 bridgehead atoms. The van der Waals surface area contributed by atoms with Crippen molar-refractivity contribution in [1.29, 1.82) is 0 Å². The van der Waals surface area contributed by atoms with Gasteiger partial charge in [0.15, 0.2) is 5.82 Å². The lowest BCUT2D eigenvalue weighted by molar-refractivity contribution is -0.123. The second kappa shape index (κ2) is 7.38. The molecule has 3 heterocycles. The number of carbonyl (C=O) groups is 1. The van der Waals surface area contributed by atoms with Crippen LogP contribution in [0.3, 0.4) is 0 Å². The van der Waals surface area contributed by atoms with Crippen molar-refractivity contribution < 1.29 is 14.3 Å². The van der Waals surface area contributed by atoms with Crippen molar-refractivity contribution in [2.24, 2.45) is 5.92 Å². The molecule has 1 spiro atoms. The number of nitrogens with zero attached hydrogens (tertiary/aromatic N) is 3. The number of aromatic nitrogens is 3. The number of rotatable bonds is 5. The van der Waals surface area contributed by atoms with E-state index in [1.54, 1.807) is 7.11 Å². The lowest BCUT2D eigenvalue weighted by Gasteiger charge is -2.29. The largest absolute Gasteiger partial charge is 0.493 e. The molecule has 1 N–H and O–H groups in total. The van der Waals surface area contributed by atoms with Crippen LogP contribution in [0.2, 0.25) is 0 Å². The first kappa shape index (κ1) is 19.5. The maximum Gasteiger partial charge on any atom is 0.224 e. The van der Waals surface area contributed by atoms with Crippen molar-refractivity contribution in [2.75, 3.05) is 13.7 Å². The van der Waals surface area contributed by atoms with E-state index in [1.807, 2.05) is 4.68 Å². The van der Waals surface area contributed by atoms with Gasteiger partial charge < -0.3 is 14.8 Å². The topological polar surface area (TPSA) is 78.3 Å². The van der Waals surface area contributed by atoms with E-state index < -0.39 is 0 Å². The summed E-state index contributed by atoms with van der Waals surface area (Å²) in [5, 5.41) is 7.80. The number of benzene rings is 1. The summed E-state index contributed by atoms with van der Waals surface area (Å²) in [5.74, 6) is 3.06. The zero-order valence-corrected chi connectivity index (χ0v) is 18.0. The highest BCUT2D eigenvalue weighted by atomic mass is 16.5. The number of hydrogen-bond acceptors (Lipinski definition) is 5. The summed E-state index contributed by atoms with van der Waals surface area (Å²) in [4.78, 5) is 17.9. The molecular formula is C23H30N4O3. The third-order valence-corrected chi connectivity index (χ3v) is 6.91. The van der Waals surface area contributed by atoms with E-state index in [2.05, 4.69) is 47.4 Å². The number of nitrogens with one attached hydrogen (secondary N) is 1. The molecule has 0 saturated heterocycles. The summed E-state index contributed by atoms with van der Waals surface area (Å²) < 4.78 is 13.0. The fourth-order valence-electron chi connectivity index (χ4n) is 5.12. The van der Waals surface area contributed by atoms with Crippen molar-refractivity contribution in [3.8, 4) is 5.75 Å². The van der Waals surface area contributed by atoms with Gasteiger partial charge in [-0.15, -0.1) is 0 Å². The van der Waals surface area contributed by atoms with Gasteiger partial charge in [0.1, 0.15) is 18.2 Å². The quantitative estimate of drug-likeness (QED) is 0.819. The molecule has 1 saturated carbocycles.